The normalized spacial score (nSPS) is 13.1. The van der Waals surface area contributed by atoms with Gasteiger partial charge in [-0.1, -0.05) is 271 Å². The molecular formula is C81H160N10O15S. The molecule has 26 heteroatoms. The van der Waals surface area contributed by atoms with E-state index in [1.807, 2.05) is 0 Å². The first-order valence-electron chi connectivity index (χ1n) is 42.4. The third kappa shape index (κ3) is 73.8. The largest absolute Gasteiger partial charge is 0.480 e. The standard InChI is InChI=1S/C69H132N6O11S.2C6H14N2O2/c1-4-7-10-13-16-19-22-25-28-31-34-37-40-49-63(76)73-62(67(80)75-61(55-85-69(83)59(72)47-43-45-52-70)66(79)74-60(68(81)82)48-44-46-53-71)57-87-56-58(86-65(78)51-42-39-36-33-30-27-24-21-18-15-12-9-6-3)54-84-64(77)50-41-38-35-32-29-26-23-20-17-14-11-8-5-2;2*7-4-2-1-3-5(8)6(9)10/h58-62H,4-57,70-72H2,1-3H3,(H,73,76)(H,74,79)(H,75,80)(H,81,82);2*5H,1-4,7-8H2,(H,9,10)/t58-,59+,60+,61+,62+;2*5-/m100/s1. The van der Waals surface area contributed by atoms with Crippen molar-refractivity contribution >= 4 is 65.3 Å². The predicted octanol–water partition coefficient (Wildman–Crippen LogP) is 13.3. The second kappa shape index (κ2) is 80.8. The van der Waals surface area contributed by atoms with Crippen LogP contribution in [0.5, 0.6) is 0 Å². The van der Waals surface area contributed by atoms with Crippen LogP contribution in [0, 0.1) is 0 Å². The van der Waals surface area contributed by atoms with Crippen molar-refractivity contribution in [3.63, 3.8) is 0 Å². The number of hydrogen-bond donors (Lipinski definition) is 13. The maximum atomic E-state index is 14.4. The molecule has 0 saturated heterocycles. The van der Waals surface area contributed by atoms with Crippen molar-refractivity contribution in [1.29, 1.82) is 0 Å². The van der Waals surface area contributed by atoms with Crippen molar-refractivity contribution in [2.24, 2.45) is 40.1 Å². The molecule has 0 rings (SSSR count). The van der Waals surface area contributed by atoms with E-state index in [-0.39, 0.29) is 62.1 Å². The van der Waals surface area contributed by atoms with E-state index in [9.17, 15) is 48.3 Å². The fourth-order valence-corrected chi connectivity index (χ4v) is 12.9. The van der Waals surface area contributed by atoms with E-state index >= 15 is 0 Å². The van der Waals surface area contributed by atoms with Crippen molar-refractivity contribution in [2.75, 3.05) is 50.9 Å². The summed E-state index contributed by atoms with van der Waals surface area (Å²) in [6.45, 7) is 7.84. The number of ether oxygens (including phenoxy) is 3. The summed E-state index contributed by atoms with van der Waals surface area (Å²) in [6, 6.07) is -6.57. The zero-order chi connectivity index (χ0) is 80.0. The highest BCUT2D eigenvalue weighted by Crippen LogP contribution is 2.19. The van der Waals surface area contributed by atoms with E-state index in [1.54, 1.807) is 0 Å². The van der Waals surface area contributed by atoms with Crippen LogP contribution in [0.3, 0.4) is 0 Å². The first-order valence-corrected chi connectivity index (χ1v) is 43.6. The minimum absolute atomic E-state index is 0.0347. The number of amides is 3. The number of nitrogens with one attached hydrogen (secondary N) is 3. The van der Waals surface area contributed by atoms with Gasteiger partial charge in [0.2, 0.25) is 17.7 Å². The zero-order valence-electron chi connectivity index (χ0n) is 67.6. The van der Waals surface area contributed by atoms with Gasteiger partial charge >= 0.3 is 35.8 Å². The third-order valence-corrected chi connectivity index (χ3v) is 20.1. The molecule has 0 bridgehead atoms. The smallest absolute Gasteiger partial charge is 0.326 e. The van der Waals surface area contributed by atoms with Crippen LogP contribution in [0.4, 0.5) is 0 Å². The lowest BCUT2D eigenvalue weighted by molar-refractivity contribution is -0.157. The topological polar surface area (TPSA) is 460 Å². The van der Waals surface area contributed by atoms with Crippen molar-refractivity contribution < 1.29 is 72.7 Å². The second-order valence-electron chi connectivity index (χ2n) is 29.2. The van der Waals surface area contributed by atoms with Gasteiger partial charge in [-0.25, -0.2) is 4.79 Å². The van der Waals surface area contributed by atoms with Crippen LogP contribution in [0.25, 0.3) is 0 Å². The number of unbranched alkanes of at least 4 members (excludes halogenated alkanes) is 40. The lowest BCUT2D eigenvalue weighted by Gasteiger charge is -2.25. The van der Waals surface area contributed by atoms with E-state index in [1.165, 1.54) is 179 Å². The summed E-state index contributed by atoms with van der Waals surface area (Å²) in [5.41, 5.74) is 38.2. The maximum Gasteiger partial charge on any atom is 0.326 e. The third-order valence-electron chi connectivity index (χ3n) is 18.9. The Balaban J connectivity index is -0.00000466. The molecule has 0 aromatic heterocycles. The summed E-state index contributed by atoms with van der Waals surface area (Å²) < 4.78 is 17.2. The van der Waals surface area contributed by atoms with Crippen LogP contribution in [0.15, 0.2) is 0 Å². The highest BCUT2D eigenvalue weighted by Gasteiger charge is 2.32. The molecule has 0 saturated carbocycles. The molecule has 0 aliphatic rings. The number of aliphatic carboxylic acids is 3. The van der Waals surface area contributed by atoms with Gasteiger partial charge in [0.25, 0.3) is 0 Å². The first kappa shape index (κ1) is 106. The molecule has 0 heterocycles. The van der Waals surface area contributed by atoms with Crippen molar-refractivity contribution in [2.45, 2.75) is 410 Å². The van der Waals surface area contributed by atoms with Gasteiger partial charge in [-0.3, -0.25) is 38.4 Å². The van der Waals surface area contributed by atoms with Gasteiger partial charge in [0, 0.05) is 30.8 Å². The summed E-state index contributed by atoms with van der Waals surface area (Å²) in [6.07, 6.45) is 52.2. The average molecular weight is 1550 g/mol. The number of rotatable bonds is 76. The van der Waals surface area contributed by atoms with Crippen LogP contribution in [0.2, 0.25) is 0 Å². The zero-order valence-corrected chi connectivity index (χ0v) is 68.4. The van der Waals surface area contributed by atoms with Crippen LogP contribution in [-0.2, 0) is 57.4 Å². The molecule has 0 radical (unpaired) electrons. The minimum atomic E-state index is -1.56. The van der Waals surface area contributed by atoms with Gasteiger partial charge < -0.3 is 85.6 Å². The Morgan fingerprint density at radius 3 is 0.991 bits per heavy atom. The Kier molecular flexibility index (Phi) is 80.4. The summed E-state index contributed by atoms with van der Waals surface area (Å²) in [4.78, 5) is 114. The molecule has 3 amide bonds. The Morgan fingerprint density at radius 2 is 0.636 bits per heavy atom. The number of carboxylic acids is 3. The number of carbonyl (C=O) groups excluding carboxylic acids is 6. The van der Waals surface area contributed by atoms with Crippen LogP contribution < -0.4 is 56.1 Å². The van der Waals surface area contributed by atoms with E-state index in [4.69, 9.17) is 64.6 Å². The molecule has 20 N–H and O–H groups in total. The Morgan fingerprint density at radius 1 is 0.318 bits per heavy atom. The van der Waals surface area contributed by atoms with E-state index in [0.717, 1.165) is 89.9 Å². The molecule has 0 fully saturated rings. The molecule has 0 aromatic rings. The van der Waals surface area contributed by atoms with Gasteiger partial charge in [0.05, 0.1) is 0 Å². The lowest BCUT2D eigenvalue weighted by atomic mass is 10.0. The number of carboxylic acid groups (broad SMARTS) is 3. The number of hydrogen-bond acceptors (Lipinski definition) is 20. The molecule has 0 aromatic carbocycles. The van der Waals surface area contributed by atoms with Crippen molar-refractivity contribution in [3.8, 4) is 0 Å². The quantitative estimate of drug-likeness (QED) is 0.0153. The molecule has 107 heavy (non-hydrogen) atoms. The molecule has 630 valence electrons. The molecule has 7 atom stereocenters. The Labute approximate surface area is 651 Å². The van der Waals surface area contributed by atoms with Crippen molar-refractivity contribution in [1.82, 2.24) is 16.0 Å². The first-order chi connectivity index (χ1) is 51.7. The Bertz CT molecular complexity index is 2120. The van der Waals surface area contributed by atoms with E-state index < -0.39 is 90.6 Å². The van der Waals surface area contributed by atoms with Crippen molar-refractivity contribution in [3.05, 3.63) is 0 Å². The minimum Gasteiger partial charge on any atom is -0.480 e. The number of esters is 3. The van der Waals surface area contributed by atoms with Gasteiger partial charge in [-0.05, 0) is 103 Å². The molecule has 25 nitrogen and oxygen atoms in total. The van der Waals surface area contributed by atoms with E-state index in [0.29, 0.717) is 84.0 Å². The van der Waals surface area contributed by atoms with Crippen LogP contribution in [-0.4, -0.2) is 162 Å². The fourth-order valence-electron chi connectivity index (χ4n) is 11.9. The SMILES string of the molecule is CCCCCCCCCCCCCCCC(=O)N[C@@H](CSC[C@@H](COC(=O)CCCCCCCCCCCCCCC)OC(=O)CCCCCCCCCCCCCCC)C(=O)N[C@@H](COC(=O)[C@@H](N)CCCCN)C(=O)N[C@@H](CCCCN)C(=O)O.NCCCC[C@H](N)C(=O)O.NCCCC[C@H](N)C(=O)O. The number of carbonyl (C=O) groups is 9. The molecule has 0 unspecified atom stereocenters. The Hall–Kier alpha value is -4.70. The summed E-state index contributed by atoms with van der Waals surface area (Å²) >= 11 is 1.22. The number of thioether (sulfide) groups is 1. The van der Waals surface area contributed by atoms with Crippen LogP contribution >= 0.6 is 11.8 Å². The summed E-state index contributed by atoms with van der Waals surface area (Å²) in [7, 11) is 0. The summed E-state index contributed by atoms with van der Waals surface area (Å²) in [5.74, 6) is -6.70. The second-order valence-corrected chi connectivity index (χ2v) is 30.2. The van der Waals surface area contributed by atoms with Gasteiger partial charge in [-0.2, -0.15) is 11.8 Å². The molecule has 0 aliphatic heterocycles. The molecule has 0 aliphatic carbocycles. The van der Waals surface area contributed by atoms with Crippen LogP contribution in [0.1, 0.15) is 367 Å². The highest BCUT2D eigenvalue weighted by molar-refractivity contribution is 7.99. The highest BCUT2D eigenvalue weighted by atomic mass is 32.2. The average Bonchev–Trinajstić information content (AvgIpc) is 0.886. The molecular weight excluding hydrogens is 1390 g/mol. The van der Waals surface area contributed by atoms with Gasteiger partial charge in [0.15, 0.2) is 0 Å². The summed E-state index contributed by atoms with van der Waals surface area (Å²) in [5, 5.41) is 34.6. The molecule has 0 spiro atoms. The predicted molar refractivity (Wildman–Crippen MR) is 434 cm³/mol. The van der Waals surface area contributed by atoms with Gasteiger partial charge in [-0.15, -0.1) is 0 Å². The monoisotopic (exact) mass is 1550 g/mol. The number of nitrogens with two attached hydrogens (primary N) is 7. The van der Waals surface area contributed by atoms with E-state index in [2.05, 4.69) is 36.7 Å². The maximum absolute atomic E-state index is 14.4. The van der Waals surface area contributed by atoms with Gasteiger partial charge in [0.1, 0.15) is 55.6 Å². The fraction of sp³-hybridized carbons (Fsp3) is 0.889. The lowest BCUT2D eigenvalue weighted by Crippen LogP contribution is -2.58.